The van der Waals surface area contributed by atoms with Crippen LogP contribution in [0.15, 0.2) is 38.7 Å². The Morgan fingerprint density at radius 2 is 2.04 bits per heavy atom. The van der Waals surface area contributed by atoms with E-state index in [1.807, 2.05) is 13.8 Å². The van der Waals surface area contributed by atoms with Crippen LogP contribution in [0.4, 0.5) is 10.2 Å². The highest BCUT2D eigenvalue weighted by molar-refractivity contribution is 9.10. The minimum atomic E-state index is -0.518. The molecule has 136 valence electrons. The summed E-state index contributed by atoms with van der Waals surface area (Å²) in [6.07, 6.45) is 1.47. The molecule has 4 rings (SSSR count). The molecule has 1 aromatic carbocycles. The number of H-pyrrole nitrogens is 1. The first-order valence-electron chi connectivity index (χ1n) is 8.49. The second kappa shape index (κ2) is 5.67. The molecule has 2 N–H and O–H groups in total. The average Bonchev–Trinajstić information content (AvgIpc) is 2.86. The number of benzene rings is 1. The highest BCUT2D eigenvalue weighted by Crippen LogP contribution is 2.48. The Labute approximate surface area is 158 Å². The van der Waals surface area contributed by atoms with Crippen LogP contribution in [0.25, 0.3) is 0 Å². The molecule has 0 radical (unpaired) electrons. The first kappa shape index (κ1) is 17.3. The van der Waals surface area contributed by atoms with Crippen molar-refractivity contribution in [2.75, 3.05) is 5.32 Å². The lowest BCUT2D eigenvalue weighted by Gasteiger charge is -2.38. The molecule has 0 bridgehead atoms. The number of nitrogens with one attached hydrogen (secondary N) is 2. The molecule has 26 heavy (non-hydrogen) atoms. The number of aryl methyl sites for hydroxylation is 1. The molecule has 1 atom stereocenters. The van der Waals surface area contributed by atoms with E-state index in [0.717, 1.165) is 24.1 Å². The van der Waals surface area contributed by atoms with Crippen LogP contribution >= 0.6 is 15.9 Å². The van der Waals surface area contributed by atoms with Gasteiger partial charge in [-0.25, -0.2) is 4.39 Å². The molecule has 2 heterocycles. The van der Waals surface area contributed by atoms with Gasteiger partial charge in [0.2, 0.25) is 0 Å². The number of halogens is 2. The molecule has 1 aromatic heterocycles. The Balaban J connectivity index is 2.00. The molecule has 1 aliphatic heterocycles. The van der Waals surface area contributed by atoms with E-state index in [1.54, 1.807) is 23.9 Å². The summed E-state index contributed by atoms with van der Waals surface area (Å²) in [6.45, 7) is 3.86. The number of hydrogen-bond donors (Lipinski definition) is 2. The smallest absolute Gasteiger partial charge is 0.270 e. The van der Waals surface area contributed by atoms with Gasteiger partial charge in [0.15, 0.2) is 5.78 Å². The van der Waals surface area contributed by atoms with Gasteiger partial charge in [-0.15, -0.1) is 0 Å². The van der Waals surface area contributed by atoms with Crippen molar-refractivity contribution in [1.82, 2.24) is 9.78 Å². The highest BCUT2D eigenvalue weighted by Gasteiger charge is 2.44. The monoisotopic (exact) mass is 419 g/mol. The van der Waals surface area contributed by atoms with Gasteiger partial charge >= 0.3 is 0 Å². The molecule has 0 saturated carbocycles. The normalized spacial score (nSPS) is 21.3. The average molecular weight is 420 g/mol. The van der Waals surface area contributed by atoms with Crippen LogP contribution in [-0.4, -0.2) is 15.6 Å². The second-order valence-corrected chi connectivity index (χ2v) is 8.45. The summed E-state index contributed by atoms with van der Waals surface area (Å²) in [6, 6.07) is 4.66. The van der Waals surface area contributed by atoms with Crippen molar-refractivity contribution in [3.63, 3.8) is 0 Å². The van der Waals surface area contributed by atoms with Crippen molar-refractivity contribution < 1.29 is 9.18 Å². The molecule has 0 fully saturated rings. The van der Waals surface area contributed by atoms with Gasteiger partial charge < -0.3 is 5.32 Å². The van der Waals surface area contributed by atoms with Crippen LogP contribution in [0.2, 0.25) is 0 Å². The van der Waals surface area contributed by atoms with Crippen LogP contribution < -0.4 is 10.9 Å². The minimum Gasteiger partial charge on any atom is -0.343 e. The third-order valence-corrected chi connectivity index (χ3v) is 6.02. The predicted molar refractivity (Wildman–Crippen MR) is 101 cm³/mol. The maximum atomic E-state index is 13.8. The lowest BCUT2D eigenvalue weighted by Crippen LogP contribution is -2.37. The molecule has 5 nitrogen and oxygen atoms in total. The number of Topliss-reactive ketones (excluding diaryl/α,β-unsaturated/α-hetero) is 1. The number of allylic oxidation sites excluding steroid dienone is 2. The van der Waals surface area contributed by atoms with Crippen LogP contribution in [0.5, 0.6) is 0 Å². The molecule has 7 heteroatoms. The molecule has 0 spiro atoms. The van der Waals surface area contributed by atoms with Crippen molar-refractivity contribution in [2.45, 2.75) is 32.6 Å². The number of hydrogen-bond acceptors (Lipinski definition) is 3. The Morgan fingerprint density at radius 3 is 2.73 bits per heavy atom. The van der Waals surface area contributed by atoms with Gasteiger partial charge in [-0.05, 0) is 46.5 Å². The topological polar surface area (TPSA) is 66.9 Å². The van der Waals surface area contributed by atoms with Crippen molar-refractivity contribution in [3.8, 4) is 0 Å². The zero-order valence-corrected chi connectivity index (χ0v) is 16.3. The predicted octanol–water partition coefficient (Wildman–Crippen LogP) is 3.82. The van der Waals surface area contributed by atoms with Gasteiger partial charge in [0.25, 0.3) is 5.56 Å². The largest absolute Gasteiger partial charge is 0.343 e. The number of ketones is 1. The van der Waals surface area contributed by atoms with Crippen LogP contribution in [-0.2, 0) is 11.8 Å². The lowest BCUT2D eigenvalue weighted by molar-refractivity contribution is -0.124. The van der Waals surface area contributed by atoms with E-state index in [2.05, 4.69) is 26.3 Å². The quantitative estimate of drug-likeness (QED) is 0.738. The van der Waals surface area contributed by atoms with Gasteiger partial charge in [0.1, 0.15) is 11.6 Å². The fraction of sp³-hybridized carbons (Fsp3) is 0.368. The van der Waals surface area contributed by atoms with Gasteiger partial charge in [0, 0.05) is 29.7 Å². The minimum absolute atomic E-state index is 0.0330. The highest BCUT2D eigenvalue weighted by atomic mass is 79.9. The molecule has 2 aromatic rings. The van der Waals surface area contributed by atoms with Gasteiger partial charge in [-0.3, -0.25) is 19.4 Å². The third kappa shape index (κ3) is 2.40. The van der Waals surface area contributed by atoms with Crippen molar-refractivity contribution in [3.05, 3.63) is 61.2 Å². The number of aromatic amines is 1. The van der Waals surface area contributed by atoms with Gasteiger partial charge in [-0.1, -0.05) is 19.9 Å². The fourth-order valence-corrected chi connectivity index (χ4v) is 4.31. The Hall–Kier alpha value is -2.15. The number of aromatic nitrogens is 2. The first-order valence-corrected chi connectivity index (χ1v) is 9.28. The molecule has 0 saturated heterocycles. The van der Waals surface area contributed by atoms with Crippen molar-refractivity contribution >= 4 is 27.5 Å². The maximum absolute atomic E-state index is 13.8. The van der Waals surface area contributed by atoms with Crippen LogP contribution in [0, 0.1) is 11.2 Å². The molecular formula is C19H19BrFN3O2. The van der Waals surface area contributed by atoms with Crippen LogP contribution in [0.3, 0.4) is 0 Å². The van der Waals surface area contributed by atoms with Crippen molar-refractivity contribution in [2.24, 2.45) is 12.5 Å². The lowest BCUT2D eigenvalue weighted by atomic mass is 9.68. The summed E-state index contributed by atoms with van der Waals surface area (Å²) in [5.74, 6) is -0.207. The van der Waals surface area contributed by atoms with Gasteiger partial charge in [-0.2, -0.15) is 0 Å². The first-order chi connectivity index (χ1) is 12.2. The van der Waals surface area contributed by atoms with Crippen molar-refractivity contribution in [1.29, 1.82) is 0 Å². The number of nitrogens with zero attached hydrogens (tertiary/aromatic N) is 1. The molecule has 0 amide bonds. The summed E-state index contributed by atoms with van der Waals surface area (Å²) < 4.78 is 15.7. The van der Waals surface area contributed by atoms with E-state index in [-0.39, 0.29) is 17.2 Å². The zero-order valence-electron chi connectivity index (χ0n) is 14.7. The molecular weight excluding hydrogens is 401 g/mol. The van der Waals surface area contributed by atoms with E-state index in [1.165, 1.54) is 6.07 Å². The van der Waals surface area contributed by atoms with E-state index in [9.17, 15) is 14.0 Å². The number of fused-ring (bicyclic) bond motifs is 1. The summed E-state index contributed by atoms with van der Waals surface area (Å²) in [5.41, 5.74) is 1.94. The number of rotatable bonds is 1. The Morgan fingerprint density at radius 1 is 1.31 bits per heavy atom. The summed E-state index contributed by atoms with van der Waals surface area (Å²) in [7, 11) is 1.75. The van der Waals surface area contributed by atoms with E-state index < -0.39 is 11.3 Å². The molecule has 2 aliphatic rings. The standard InChI is InChI=1S/C19H19BrFN3O2/c1-19(2)7-6-12-14(16(19)25)13(9-4-5-11(21)10(20)8-9)15-17(22-12)24(3)23-18(15)26/h4-5,8,13,22H,6-7H2,1-3H3,(H,23,26)/t13-/m1/s1. The molecule has 1 aliphatic carbocycles. The third-order valence-electron chi connectivity index (χ3n) is 5.41. The van der Waals surface area contributed by atoms with Gasteiger partial charge in [0.05, 0.1) is 10.0 Å². The fourth-order valence-electron chi connectivity index (χ4n) is 3.91. The van der Waals surface area contributed by atoms with E-state index in [4.69, 9.17) is 0 Å². The second-order valence-electron chi connectivity index (χ2n) is 7.60. The summed E-state index contributed by atoms with van der Waals surface area (Å²) in [5, 5.41) is 6.05. The Bertz CT molecular complexity index is 1030. The number of anilines is 1. The number of carbonyl (C=O) groups is 1. The zero-order chi connectivity index (χ0) is 18.8. The number of carbonyl (C=O) groups excluding carboxylic acids is 1. The maximum Gasteiger partial charge on any atom is 0.270 e. The van der Waals surface area contributed by atoms with E-state index in [0.29, 0.717) is 21.4 Å². The van der Waals surface area contributed by atoms with Crippen LogP contribution in [0.1, 0.15) is 43.7 Å². The summed E-state index contributed by atoms with van der Waals surface area (Å²) >= 11 is 3.22. The summed E-state index contributed by atoms with van der Waals surface area (Å²) in [4.78, 5) is 25.9. The molecule has 0 unspecified atom stereocenters. The Kier molecular flexibility index (Phi) is 3.77. The van der Waals surface area contributed by atoms with E-state index >= 15 is 0 Å². The SMILES string of the molecule is Cn1[nH]c(=O)c2c1NC1=C(C(=O)C(C)(C)CC1)[C@H]2c1ccc(F)c(Br)c1.